The summed E-state index contributed by atoms with van der Waals surface area (Å²) in [5, 5.41) is 11.2. The Balaban J connectivity index is 1.84. The predicted molar refractivity (Wildman–Crippen MR) is 83.1 cm³/mol. The third-order valence-corrected chi connectivity index (χ3v) is 5.04. The minimum absolute atomic E-state index is 0.332. The second-order valence-corrected chi connectivity index (χ2v) is 6.53. The van der Waals surface area contributed by atoms with E-state index in [2.05, 4.69) is 0 Å². The molecule has 116 valence electrons. The van der Waals surface area contributed by atoms with E-state index in [0.717, 1.165) is 30.2 Å². The molecule has 3 atom stereocenters. The Labute approximate surface area is 131 Å². The number of fused-ring (bicyclic) bond motifs is 1. The van der Waals surface area contributed by atoms with Gasteiger partial charge in [0, 0.05) is 11.6 Å². The molecule has 2 saturated carbocycles. The zero-order valence-electron chi connectivity index (χ0n) is 12.6. The van der Waals surface area contributed by atoms with Crippen LogP contribution in [0.15, 0.2) is 12.1 Å². The lowest BCUT2D eigenvalue weighted by molar-refractivity contribution is 0.104. The maximum Gasteiger partial charge on any atom is 0.162 e. The van der Waals surface area contributed by atoms with Gasteiger partial charge in [0.05, 0.1) is 24.3 Å². The van der Waals surface area contributed by atoms with Gasteiger partial charge in [-0.3, -0.25) is 0 Å². The van der Waals surface area contributed by atoms with E-state index in [0.29, 0.717) is 35.7 Å². The van der Waals surface area contributed by atoms with Crippen LogP contribution in [0.25, 0.3) is 0 Å². The highest BCUT2D eigenvalue weighted by molar-refractivity contribution is 6.31. The summed E-state index contributed by atoms with van der Waals surface area (Å²) < 4.78 is 11.2. The van der Waals surface area contributed by atoms with Crippen LogP contribution < -0.4 is 9.47 Å². The van der Waals surface area contributed by atoms with E-state index in [4.69, 9.17) is 21.1 Å². The van der Waals surface area contributed by atoms with Gasteiger partial charge < -0.3 is 14.6 Å². The highest BCUT2D eigenvalue weighted by Gasteiger charge is 2.48. The van der Waals surface area contributed by atoms with Crippen LogP contribution in [-0.2, 0) is 0 Å². The monoisotopic (exact) mass is 310 g/mol. The van der Waals surface area contributed by atoms with Crippen molar-refractivity contribution in [2.45, 2.75) is 39.2 Å². The molecule has 3 nitrogen and oxygen atoms in total. The molecular formula is C17H23ClO3. The molecule has 2 fully saturated rings. The molecule has 1 aromatic carbocycles. The molecule has 1 aromatic rings. The Morgan fingerprint density at radius 1 is 1.10 bits per heavy atom. The van der Waals surface area contributed by atoms with E-state index in [-0.39, 0.29) is 0 Å². The first-order chi connectivity index (χ1) is 10.1. The SMILES string of the molecule is CCOc1cc(Cl)c(C(O)C2CC3CC3C2)cc1OCC. The Morgan fingerprint density at radius 3 is 2.24 bits per heavy atom. The fourth-order valence-electron chi connectivity index (χ4n) is 3.59. The van der Waals surface area contributed by atoms with Crippen LogP contribution in [0.1, 0.15) is 44.8 Å². The summed E-state index contributed by atoms with van der Waals surface area (Å²) in [6, 6.07) is 3.62. The molecular weight excluding hydrogens is 288 g/mol. The molecule has 0 aromatic heterocycles. The maximum atomic E-state index is 10.7. The lowest BCUT2D eigenvalue weighted by Crippen LogP contribution is -2.12. The van der Waals surface area contributed by atoms with Gasteiger partial charge in [0.15, 0.2) is 11.5 Å². The quantitative estimate of drug-likeness (QED) is 0.855. The zero-order valence-corrected chi connectivity index (χ0v) is 13.4. The van der Waals surface area contributed by atoms with Crippen molar-refractivity contribution in [3.63, 3.8) is 0 Å². The predicted octanol–water partition coefficient (Wildman–Crippen LogP) is 4.22. The van der Waals surface area contributed by atoms with Crippen molar-refractivity contribution in [2.75, 3.05) is 13.2 Å². The third-order valence-electron chi connectivity index (χ3n) is 4.71. The van der Waals surface area contributed by atoms with Crippen LogP contribution in [-0.4, -0.2) is 18.3 Å². The summed E-state index contributed by atoms with van der Waals surface area (Å²) in [7, 11) is 0. The average Bonchev–Trinajstić information content (AvgIpc) is 3.07. The molecule has 0 amide bonds. The van der Waals surface area contributed by atoms with Crippen molar-refractivity contribution in [3.8, 4) is 11.5 Å². The molecule has 0 radical (unpaired) electrons. The Morgan fingerprint density at radius 2 is 1.67 bits per heavy atom. The van der Waals surface area contributed by atoms with Crippen molar-refractivity contribution in [3.05, 3.63) is 22.7 Å². The molecule has 0 aliphatic heterocycles. The topological polar surface area (TPSA) is 38.7 Å². The minimum Gasteiger partial charge on any atom is -0.490 e. The van der Waals surface area contributed by atoms with Gasteiger partial charge in [-0.05, 0) is 56.9 Å². The summed E-state index contributed by atoms with van der Waals surface area (Å²) in [5.74, 6) is 3.34. The number of aliphatic hydroxyl groups is 1. The van der Waals surface area contributed by atoms with Gasteiger partial charge in [-0.2, -0.15) is 0 Å². The lowest BCUT2D eigenvalue weighted by atomic mass is 9.91. The summed E-state index contributed by atoms with van der Waals surface area (Å²) >= 11 is 6.36. The van der Waals surface area contributed by atoms with Gasteiger partial charge in [0.25, 0.3) is 0 Å². The van der Waals surface area contributed by atoms with E-state index in [1.165, 1.54) is 6.42 Å². The van der Waals surface area contributed by atoms with Crippen molar-refractivity contribution in [2.24, 2.45) is 17.8 Å². The number of aliphatic hydroxyl groups excluding tert-OH is 1. The molecule has 3 unspecified atom stereocenters. The van der Waals surface area contributed by atoms with Crippen LogP contribution in [0.3, 0.4) is 0 Å². The molecule has 0 bridgehead atoms. The number of rotatable bonds is 6. The van der Waals surface area contributed by atoms with Gasteiger partial charge in [0.1, 0.15) is 0 Å². The molecule has 0 heterocycles. The van der Waals surface area contributed by atoms with Gasteiger partial charge in [-0.1, -0.05) is 11.6 Å². The molecule has 0 spiro atoms. The second-order valence-electron chi connectivity index (χ2n) is 6.12. The van der Waals surface area contributed by atoms with Gasteiger partial charge in [0.2, 0.25) is 0 Å². The van der Waals surface area contributed by atoms with Crippen LogP contribution in [0.4, 0.5) is 0 Å². The summed E-state index contributed by atoms with van der Waals surface area (Å²) in [6.45, 7) is 4.98. The van der Waals surface area contributed by atoms with Crippen molar-refractivity contribution < 1.29 is 14.6 Å². The highest BCUT2D eigenvalue weighted by Crippen LogP contribution is 2.57. The van der Waals surface area contributed by atoms with Crippen LogP contribution in [0.2, 0.25) is 5.02 Å². The molecule has 3 rings (SSSR count). The smallest absolute Gasteiger partial charge is 0.162 e. The van der Waals surface area contributed by atoms with Crippen LogP contribution >= 0.6 is 11.6 Å². The van der Waals surface area contributed by atoms with Crippen molar-refractivity contribution in [1.29, 1.82) is 0 Å². The Kier molecular flexibility index (Phi) is 4.32. The molecule has 2 aliphatic carbocycles. The lowest BCUT2D eigenvalue weighted by Gasteiger charge is -2.22. The molecule has 4 heteroatoms. The van der Waals surface area contributed by atoms with E-state index >= 15 is 0 Å². The number of halogens is 1. The number of hydrogen-bond acceptors (Lipinski definition) is 3. The number of hydrogen-bond donors (Lipinski definition) is 1. The summed E-state index contributed by atoms with van der Waals surface area (Å²) in [4.78, 5) is 0. The van der Waals surface area contributed by atoms with Crippen LogP contribution in [0, 0.1) is 17.8 Å². The first-order valence-corrected chi connectivity index (χ1v) is 8.28. The number of benzene rings is 1. The molecule has 1 N–H and O–H groups in total. The zero-order chi connectivity index (χ0) is 15.0. The van der Waals surface area contributed by atoms with Crippen molar-refractivity contribution >= 4 is 11.6 Å². The normalized spacial score (nSPS) is 28.1. The molecule has 2 aliphatic rings. The van der Waals surface area contributed by atoms with E-state index in [9.17, 15) is 5.11 Å². The highest BCUT2D eigenvalue weighted by atomic mass is 35.5. The number of ether oxygens (including phenoxy) is 2. The van der Waals surface area contributed by atoms with E-state index < -0.39 is 6.10 Å². The minimum atomic E-state index is -0.500. The van der Waals surface area contributed by atoms with Crippen LogP contribution in [0.5, 0.6) is 11.5 Å². The maximum absolute atomic E-state index is 10.7. The Bertz CT molecular complexity index is 507. The summed E-state index contributed by atoms with van der Waals surface area (Å²) in [5.41, 5.74) is 0.773. The fraction of sp³-hybridized carbons (Fsp3) is 0.647. The molecule has 0 saturated heterocycles. The Hall–Kier alpha value is -0.930. The van der Waals surface area contributed by atoms with Gasteiger partial charge in [-0.15, -0.1) is 0 Å². The van der Waals surface area contributed by atoms with Gasteiger partial charge >= 0.3 is 0 Å². The average molecular weight is 311 g/mol. The third kappa shape index (κ3) is 3.00. The fourth-order valence-corrected chi connectivity index (χ4v) is 3.85. The van der Waals surface area contributed by atoms with E-state index in [1.807, 2.05) is 19.9 Å². The van der Waals surface area contributed by atoms with Gasteiger partial charge in [-0.25, -0.2) is 0 Å². The van der Waals surface area contributed by atoms with E-state index in [1.54, 1.807) is 6.07 Å². The summed E-state index contributed by atoms with van der Waals surface area (Å²) in [6.07, 6.45) is 3.10. The largest absolute Gasteiger partial charge is 0.490 e. The van der Waals surface area contributed by atoms with Crippen molar-refractivity contribution in [1.82, 2.24) is 0 Å². The first kappa shape index (κ1) is 15.0. The molecule has 21 heavy (non-hydrogen) atoms. The first-order valence-electron chi connectivity index (χ1n) is 7.91. The standard InChI is InChI=1S/C17H23ClO3/c1-3-20-15-8-13(14(18)9-16(15)21-4-2)17(19)12-6-10-5-11(10)7-12/h8-12,17,19H,3-7H2,1-2H3. The second kappa shape index (κ2) is 6.05.